The van der Waals surface area contributed by atoms with Crippen LogP contribution in [0.2, 0.25) is 0 Å². The molecule has 0 N–H and O–H groups in total. The van der Waals surface area contributed by atoms with E-state index in [1.807, 2.05) is 18.5 Å². The SMILES string of the molecule is Cc1c(F)c(F)c(-c2c(P)cc(F)c(-c3c(F)c(F)c(F)c(F)c3CP)c2F)c(F)c1P. The van der Waals surface area contributed by atoms with Crippen LogP contribution in [0.5, 0.6) is 0 Å². The molecule has 32 heavy (non-hydrogen) atoms. The molecule has 3 unspecified atom stereocenters. The van der Waals surface area contributed by atoms with Crippen molar-refractivity contribution in [2.24, 2.45) is 0 Å². The molecule has 3 aromatic carbocycles. The predicted octanol–water partition coefficient (Wildman–Crippen LogP) is 5.96. The van der Waals surface area contributed by atoms with E-state index in [1.165, 1.54) is 0 Å². The molecule has 170 valence electrons. The van der Waals surface area contributed by atoms with Gasteiger partial charge in [0.2, 0.25) is 0 Å². The molecule has 0 aliphatic carbocycles. The van der Waals surface area contributed by atoms with E-state index in [1.54, 1.807) is 9.24 Å². The highest BCUT2D eigenvalue weighted by atomic mass is 31.0. The first-order valence-electron chi connectivity index (χ1n) is 8.62. The molecule has 0 nitrogen and oxygen atoms in total. The Morgan fingerprint density at radius 1 is 0.594 bits per heavy atom. The van der Waals surface area contributed by atoms with Crippen LogP contribution in [0.4, 0.5) is 39.5 Å². The fourth-order valence-corrected chi connectivity index (χ4v) is 4.33. The summed E-state index contributed by atoms with van der Waals surface area (Å²) in [5.41, 5.74) is -6.34. The highest BCUT2D eigenvalue weighted by molar-refractivity contribution is 7.28. The maximum Gasteiger partial charge on any atom is 0.198 e. The Kier molecular flexibility index (Phi) is 6.96. The standard InChI is InChI=1S/C20H12F9P3/c1-4-12(22)16(26)11(17(27)20(4)32)10-7(31)2-6(21)9(14(10)24)8-5(3-30)13(23)18(28)19(29)15(8)25/h2H,3,30-32H2,1H3. The van der Waals surface area contributed by atoms with Gasteiger partial charge in [-0.25, -0.2) is 39.5 Å². The number of hydrogen-bond acceptors (Lipinski definition) is 0. The second-order valence-electron chi connectivity index (χ2n) is 6.68. The zero-order chi connectivity index (χ0) is 24.2. The zero-order valence-electron chi connectivity index (χ0n) is 15.9. The summed E-state index contributed by atoms with van der Waals surface area (Å²) in [6.45, 7) is 1.06. The second kappa shape index (κ2) is 8.93. The van der Waals surface area contributed by atoms with Crippen LogP contribution in [0.3, 0.4) is 0 Å². The monoisotopic (exact) mass is 516 g/mol. The maximum absolute atomic E-state index is 15.5. The van der Waals surface area contributed by atoms with Crippen molar-refractivity contribution < 1.29 is 39.5 Å². The minimum absolute atomic E-state index is 0.430. The van der Waals surface area contributed by atoms with Crippen LogP contribution in [0.1, 0.15) is 11.1 Å². The van der Waals surface area contributed by atoms with Gasteiger partial charge in [-0.15, -0.1) is 27.7 Å². The number of benzene rings is 3. The summed E-state index contributed by atoms with van der Waals surface area (Å²) in [4.78, 5) is 0. The van der Waals surface area contributed by atoms with Gasteiger partial charge >= 0.3 is 0 Å². The van der Waals surface area contributed by atoms with Crippen LogP contribution < -0.4 is 10.6 Å². The number of rotatable bonds is 3. The lowest BCUT2D eigenvalue weighted by atomic mass is 9.92. The van der Waals surface area contributed by atoms with Gasteiger partial charge < -0.3 is 0 Å². The molecule has 0 aliphatic heterocycles. The Morgan fingerprint density at radius 3 is 1.69 bits per heavy atom. The van der Waals surface area contributed by atoms with E-state index in [0.717, 1.165) is 6.92 Å². The Labute approximate surface area is 183 Å². The third kappa shape index (κ3) is 3.63. The van der Waals surface area contributed by atoms with Crippen LogP contribution in [-0.2, 0) is 6.16 Å². The Hall–Kier alpha value is -1.68. The van der Waals surface area contributed by atoms with Crippen molar-refractivity contribution in [3.8, 4) is 22.3 Å². The molecule has 0 heterocycles. The molecule has 12 heteroatoms. The topological polar surface area (TPSA) is 0 Å². The molecule has 3 atom stereocenters. The van der Waals surface area contributed by atoms with Gasteiger partial charge in [0, 0.05) is 22.0 Å². The van der Waals surface area contributed by atoms with Crippen molar-refractivity contribution in [1.29, 1.82) is 0 Å². The van der Waals surface area contributed by atoms with E-state index in [2.05, 4.69) is 0 Å². The van der Waals surface area contributed by atoms with Gasteiger partial charge in [0.15, 0.2) is 34.9 Å². The van der Waals surface area contributed by atoms with E-state index in [9.17, 15) is 35.1 Å². The molecule has 0 saturated carbocycles. The van der Waals surface area contributed by atoms with Crippen LogP contribution in [0.15, 0.2) is 6.07 Å². The fraction of sp³-hybridized carbons (Fsp3) is 0.100. The molecule has 0 aliphatic rings. The Bertz CT molecular complexity index is 1260. The normalized spacial score (nSPS) is 11.4. The van der Waals surface area contributed by atoms with E-state index >= 15 is 4.39 Å². The van der Waals surface area contributed by atoms with Crippen molar-refractivity contribution in [2.75, 3.05) is 0 Å². The first-order chi connectivity index (χ1) is 14.9. The maximum atomic E-state index is 15.5. The summed E-state index contributed by atoms with van der Waals surface area (Å²) in [6.07, 6.45) is -0.593. The lowest BCUT2D eigenvalue weighted by molar-refractivity contribution is 0.406. The summed E-state index contributed by atoms with van der Waals surface area (Å²) < 4.78 is 130. The largest absolute Gasteiger partial charge is 0.206 e. The van der Waals surface area contributed by atoms with E-state index in [-0.39, 0.29) is 0 Å². The smallest absolute Gasteiger partial charge is 0.198 e. The minimum atomic E-state index is -2.33. The lowest BCUT2D eigenvalue weighted by Crippen LogP contribution is -2.16. The molecular weight excluding hydrogens is 504 g/mol. The predicted molar refractivity (Wildman–Crippen MR) is 114 cm³/mol. The van der Waals surface area contributed by atoms with Crippen molar-refractivity contribution in [3.63, 3.8) is 0 Å². The van der Waals surface area contributed by atoms with E-state index in [0.29, 0.717) is 6.07 Å². The molecule has 0 saturated heterocycles. The van der Waals surface area contributed by atoms with Gasteiger partial charge in [-0.2, -0.15) is 0 Å². The van der Waals surface area contributed by atoms with Gasteiger partial charge in [-0.1, -0.05) is 0 Å². The summed E-state index contributed by atoms with van der Waals surface area (Å²) in [5.74, 6) is -16.6. The molecule has 0 fully saturated rings. The molecule has 3 aromatic rings. The zero-order valence-corrected chi connectivity index (χ0v) is 19.4. The van der Waals surface area contributed by atoms with Crippen molar-refractivity contribution in [3.05, 3.63) is 69.5 Å². The van der Waals surface area contributed by atoms with Crippen molar-refractivity contribution in [1.82, 2.24) is 0 Å². The highest BCUT2D eigenvalue weighted by Crippen LogP contribution is 2.41. The van der Waals surface area contributed by atoms with Gasteiger partial charge in [0.25, 0.3) is 0 Å². The summed E-state index contributed by atoms with van der Waals surface area (Å²) >= 11 is 0. The van der Waals surface area contributed by atoms with Gasteiger partial charge in [-0.05, 0) is 30.0 Å². The van der Waals surface area contributed by atoms with Gasteiger partial charge in [-0.3, -0.25) is 0 Å². The molecule has 0 spiro atoms. The van der Waals surface area contributed by atoms with Crippen molar-refractivity contribution >= 4 is 38.3 Å². The first-order valence-corrected chi connectivity index (χ1v) is 10.6. The van der Waals surface area contributed by atoms with Crippen LogP contribution in [-0.4, -0.2) is 0 Å². The Morgan fingerprint density at radius 2 is 1.12 bits per heavy atom. The average molecular weight is 516 g/mol. The second-order valence-corrected chi connectivity index (χ2v) is 8.29. The molecule has 0 bridgehead atoms. The lowest BCUT2D eigenvalue weighted by Gasteiger charge is -2.19. The highest BCUT2D eigenvalue weighted by Gasteiger charge is 2.33. The van der Waals surface area contributed by atoms with Crippen LogP contribution in [0.25, 0.3) is 22.3 Å². The number of hydrogen-bond donors (Lipinski definition) is 0. The average Bonchev–Trinajstić information content (AvgIpc) is 2.75. The van der Waals surface area contributed by atoms with Crippen LogP contribution in [0, 0.1) is 59.3 Å². The quantitative estimate of drug-likeness (QED) is 0.175. The molecule has 0 radical (unpaired) electrons. The van der Waals surface area contributed by atoms with Gasteiger partial charge in [0.05, 0.1) is 11.1 Å². The Balaban J connectivity index is 2.54. The molecule has 0 aromatic heterocycles. The van der Waals surface area contributed by atoms with Crippen molar-refractivity contribution in [2.45, 2.75) is 13.1 Å². The first kappa shape index (κ1) is 25.0. The summed E-state index contributed by atoms with van der Waals surface area (Å²) in [6, 6.07) is 0.503. The van der Waals surface area contributed by atoms with E-state index < -0.39 is 103 Å². The molecule has 0 amide bonds. The minimum Gasteiger partial charge on any atom is -0.206 e. The summed E-state index contributed by atoms with van der Waals surface area (Å²) in [7, 11) is 5.47. The van der Waals surface area contributed by atoms with E-state index in [4.69, 9.17) is 0 Å². The number of halogens is 9. The fourth-order valence-electron chi connectivity index (χ4n) is 3.26. The third-order valence-electron chi connectivity index (χ3n) is 4.92. The van der Waals surface area contributed by atoms with Crippen LogP contribution >= 0.6 is 27.7 Å². The third-order valence-corrected chi connectivity index (χ3v) is 6.47. The van der Waals surface area contributed by atoms with Gasteiger partial charge in [0.1, 0.15) is 17.5 Å². The summed E-state index contributed by atoms with van der Waals surface area (Å²) in [5, 5.41) is -0.950. The molecule has 3 rings (SSSR count). The molecular formula is C20H12F9P3.